The molecular weight excluding hydrogens is 238 g/mol. The fourth-order valence-electron chi connectivity index (χ4n) is 1.67. The van der Waals surface area contributed by atoms with E-state index in [2.05, 4.69) is 30.7 Å². The van der Waals surface area contributed by atoms with E-state index in [-0.39, 0.29) is 5.60 Å². The van der Waals surface area contributed by atoms with Gasteiger partial charge >= 0.3 is 0 Å². The van der Waals surface area contributed by atoms with Gasteiger partial charge in [0, 0.05) is 13.1 Å². The van der Waals surface area contributed by atoms with Crippen molar-refractivity contribution in [2.75, 3.05) is 17.7 Å². The highest BCUT2D eigenvalue weighted by molar-refractivity contribution is 5.54. The molecule has 0 amide bonds. The summed E-state index contributed by atoms with van der Waals surface area (Å²) in [7, 11) is 2.05. The third-order valence-electron chi connectivity index (χ3n) is 3.21. The molecule has 4 heteroatoms. The van der Waals surface area contributed by atoms with Crippen LogP contribution >= 0.6 is 0 Å². The molecule has 0 radical (unpaired) electrons. The predicted octanol–water partition coefficient (Wildman–Crippen LogP) is 3.32. The van der Waals surface area contributed by atoms with Gasteiger partial charge in [0.05, 0.1) is 5.69 Å². The van der Waals surface area contributed by atoms with Crippen molar-refractivity contribution in [3.05, 3.63) is 12.1 Å². The molecule has 0 aliphatic heterocycles. The Labute approximate surface area is 117 Å². The Bertz CT molecular complexity index is 424. The van der Waals surface area contributed by atoms with Crippen molar-refractivity contribution in [3.8, 4) is 5.88 Å². The summed E-state index contributed by atoms with van der Waals surface area (Å²) < 4.78 is 5.80. The van der Waals surface area contributed by atoms with Crippen LogP contribution in [-0.4, -0.2) is 23.7 Å². The number of ether oxygens (including phenoxy) is 1. The van der Waals surface area contributed by atoms with E-state index in [4.69, 9.17) is 10.5 Å². The Kier molecular flexibility index (Phi) is 4.66. The van der Waals surface area contributed by atoms with Crippen LogP contribution in [0, 0.1) is 5.92 Å². The first-order valence-corrected chi connectivity index (χ1v) is 6.80. The Morgan fingerprint density at radius 3 is 2.26 bits per heavy atom. The zero-order chi connectivity index (χ0) is 14.8. The van der Waals surface area contributed by atoms with Gasteiger partial charge in [-0.15, -0.1) is 0 Å². The third kappa shape index (κ3) is 4.30. The lowest BCUT2D eigenvalue weighted by molar-refractivity contribution is 0.125. The van der Waals surface area contributed by atoms with Gasteiger partial charge in [0.1, 0.15) is 11.4 Å². The van der Waals surface area contributed by atoms with Crippen LogP contribution in [0.3, 0.4) is 0 Å². The maximum absolute atomic E-state index is 5.93. The van der Waals surface area contributed by atoms with Crippen LogP contribution in [0.15, 0.2) is 12.1 Å². The van der Waals surface area contributed by atoms with E-state index in [9.17, 15) is 0 Å². The number of anilines is 2. The summed E-state index contributed by atoms with van der Waals surface area (Å²) in [6.45, 7) is 12.5. The molecule has 1 atom stereocenters. The summed E-state index contributed by atoms with van der Waals surface area (Å²) >= 11 is 0. The van der Waals surface area contributed by atoms with Crippen molar-refractivity contribution in [2.45, 2.75) is 53.2 Å². The molecule has 2 N–H and O–H groups in total. The maximum atomic E-state index is 5.93. The van der Waals surface area contributed by atoms with Crippen molar-refractivity contribution in [3.63, 3.8) is 0 Å². The van der Waals surface area contributed by atoms with Gasteiger partial charge in [-0.05, 0) is 45.7 Å². The van der Waals surface area contributed by atoms with E-state index >= 15 is 0 Å². The maximum Gasteiger partial charge on any atom is 0.239 e. The molecule has 0 bridgehead atoms. The lowest BCUT2D eigenvalue weighted by Gasteiger charge is -2.30. The molecule has 4 nitrogen and oxygen atoms in total. The van der Waals surface area contributed by atoms with Gasteiger partial charge in [-0.3, -0.25) is 0 Å². The van der Waals surface area contributed by atoms with Crippen molar-refractivity contribution in [1.82, 2.24) is 4.98 Å². The van der Waals surface area contributed by atoms with Gasteiger partial charge in [0.25, 0.3) is 0 Å². The van der Waals surface area contributed by atoms with Gasteiger partial charge in [-0.2, -0.15) is 4.98 Å². The summed E-state index contributed by atoms with van der Waals surface area (Å²) in [6, 6.07) is 4.19. The first kappa shape index (κ1) is 15.6. The summed E-state index contributed by atoms with van der Waals surface area (Å²) in [6.07, 6.45) is 0. The highest BCUT2D eigenvalue weighted by Crippen LogP contribution is 2.27. The first-order valence-electron chi connectivity index (χ1n) is 6.80. The fraction of sp³-hybridized carbons (Fsp3) is 0.667. The SMILES string of the molecule is CC(C)C(C)N(C)c1ccc(N)c(OC(C)(C)C)n1. The molecule has 1 heterocycles. The highest BCUT2D eigenvalue weighted by atomic mass is 16.5. The Morgan fingerprint density at radius 2 is 1.79 bits per heavy atom. The van der Waals surface area contributed by atoms with Crippen LogP contribution < -0.4 is 15.4 Å². The quantitative estimate of drug-likeness (QED) is 0.907. The fourth-order valence-corrected chi connectivity index (χ4v) is 1.67. The van der Waals surface area contributed by atoms with E-state index in [1.54, 1.807) is 0 Å². The zero-order valence-electron chi connectivity index (χ0n) is 13.2. The zero-order valence-corrected chi connectivity index (χ0v) is 13.2. The number of hydrogen-bond acceptors (Lipinski definition) is 4. The highest BCUT2D eigenvalue weighted by Gasteiger charge is 2.19. The predicted molar refractivity (Wildman–Crippen MR) is 81.7 cm³/mol. The molecule has 0 fully saturated rings. The number of nitrogen functional groups attached to an aromatic ring is 1. The van der Waals surface area contributed by atoms with Crippen molar-refractivity contribution < 1.29 is 4.74 Å². The lowest BCUT2D eigenvalue weighted by atomic mass is 10.1. The van der Waals surface area contributed by atoms with Crippen molar-refractivity contribution in [1.29, 1.82) is 0 Å². The minimum absolute atomic E-state index is 0.304. The van der Waals surface area contributed by atoms with E-state index < -0.39 is 0 Å². The van der Waals surface area contributed by atoms with Crippen LogP contribution in [0.2, 0.25) is 0 Å². The summed E-state index contributed by atoms with van der Waals surface area (Å²) in [5.74, 6) is 1.94. The number of rotatable bonds is 4. The summed E-state index contributed by atoms with van der Waals surface area (Å²) in [4.78, 5) is 6.69. The van der Waals surface area contributed by atoms with Crippen LogP contribution in [0.1, 0.15) is 41.5 Å². The molecule has 0 aromatic carbocycles. The van der Waals surface area contributed by atoms with Gasteiger partial charge < -0.3 is 15.4 Å². The number of hydrogen-bond donors (Lipinski definition) is 1. The molecule has 0 saturated heterocycles. The van der Waals surface area contributed by atoms with Gasteiger partial charge in [-0.1, -0.05) is 13.8 Å². The minimum Gasteiger partial charge on any atom is -0.470 e. The largest absolute Gasteiger partial charge is 0.470 e. The standard InChI is InChI=1S/C15H27N3O/c1-10(2)11(3)18(7)13-9-8-12(16)14(17-13)19-15(4,5)6/h8-11H,16H2,1-7H3. The van der Waals surface area contributed by atoms with Crippen LogP contribution in [0.4, 0.5) is 11.5 Å². The third-order valence-corrected chi connectivity index (χ3v) is 3.21. The molecule has 1 unspecified atom stereocenters. The van der Waals surface area contributed by atoms with Crippen molar-refractivity contribution >= 4 is 11.5 Å². The molecule has 1 aromatic heterocycles. The van der Waals surface area contributed by atoms with E-state index in [0.717, 1.165) is 5.82 Å². The molecule has 108 valence electrons. The number of nitrogens with zero attached hydrogens (tertiary/aromatic N) is 2. The monoisotopic (exact) mass is 265 g/mol. The van der Waals surface area contributed by atoms with Gasteiger partial charge in [0.15, 0.2) is 0 Å². The average molecular weight is 265 g/mol. The molecule has 0 spiro atoms. The van der Waals surface area contributed by atoms with E-state index in [1.807, 2.05) is 40.0 Å². The number of pyridine rings is 1. The molecule has 0 aliphatic rings. The number of nitrogens with two attached hydrogens (primary N) is 1. The van der Waals surface area contributed by atoms with Crippen LogP contribution in [0.25, 0.3) is 0 Å². The Hall–Kier alpha value is -1.45. The first-order chi connectivity index (χ1) is 8.61. The normalized spacial score (nSPS) is 13.5. The Balaban J connectivity index is 3.02. The van der Waals surface area contributed by atoms with E-state index in [0.29, 0.717) is 23.5 Å². The van der Waals surface area contributed by atoms with Gasteiger partial charge in [-0.25, -0.2) is 0 Å². The smallest absolute Gasteiger partial charge is 0.239 e. The second-order valence-electron chi connectivity index (χ2n) is 6.37. The topological polar surface area (TPSA) is 51.4 Å². The Morgan fingerprint density at radius 1 is 1.21 bits per heavy atom. The lowest BCUT2D eigenvalue weighted by Crippen LogP contribution is -2.34. The summed E-state index contributed by atoms with van der Waals surface area (Å²) in [5, 5.41) is 0. The minimum atomic E-state index is -0.304. The molecular formula is C15H27N3O. The molecule has 1 aromatic rings. The second kappa shape index (κ2) is 5.68. The average Bonchev–Trinajstić information content (AvgIpc) is 2.28. The van der Waals surface area contributed by atoms with Crippen molar-refractivity contribution in [2.24, 2.45) is 5.92 Å². The second-order valence-corrected chi connectivity index (χ2v) is 6.37. The molecule has 1 rings (SSSR count). The number of aromatic nitrogens is 1. The van der Waals surface area contributed by atoms with Crippen LogP contribution in [0.5, 0.6) is 5.88 Å². The molecule has 0 aliphatic carbocycles. The molecule has 0 saturated carbocycles. The summed E-state index contributed by atoms with van der Waals surface area (Å²) in [5.41, 5.74) is 6.20. The van der Waals surface area contributed by atoms with Gasteiger partial charge in [0.2, 0.25) is 5.88 Å². The molecule has 19 heavy (non-hydrogen) atoms. The van der Waals surface area contributed by atoms with Crippen LogP contribution in [-0.2, 0) is 0 Å². The van der Waals surface area contributed by atoms with E-state index in [1.165, 1.54) is 0 Å².